The number of amides is 1. The van der Waals surface area contributed by atoms with Gasteiger partial charge in [-0.05, 0) is 36.4 Å². The van der Waals surface area contributed by atoms with Crippen LogP contribution in [0.2, 0.25) is 0 Å². The van der Waals surface area contributed by atoms with Crippen LogP contribution in [0.5, 0.6) is 5.75 Å². The quantitative estimate of drug-likeness (QED) is 0.612. The number of alkyl halides is 2. The molecule has 0 aliphatic rings. The van der Waals surface area contributed by atoms with E-state index in [0.717, 1.165) is 12.1 Å². The van der Waals surface area contributed by atoms with Gasteiger partial charge in [0, 0.05) is 10.6 Å². The van der Waals surface area contributed by atoms with Gasteiger partial charge in [-0.1, -0.05) is 27.8 Å². The number of hydrogen-bond donors (Lipinski definition) is 1. The molecule has 128 valence electrons. The van der Waals surface area contributed by atoms with Crippen LogP contribution in [0.1, 0.15) is 10.4 Å². The lowest BCUT2D eigenvalue weighted by atomic mass is 10.2. The summed E-state index contributed by atoms with van der Waals surface area (Å²) < 4.78 is 62.1. The number of anilines is 1. The van der Waals surface area contributed by atoms with Crippen LogP contribution in [-0.4, -0.2) is 20.1 Å². The van der Waals surface area contributed by atoms with Gasteiger partial charge in [-0.2, -0.15) is 17.2 Å². The second kappa shape index (κ2) is 7.58. The molecule has 1 amide bonds. The van der Waals surface area contributed by atoms with Gasteiger partial charge in [-0.25, -0.2) is 0 Å². The highest BCUT2D eigenvalue weighted by Gasteiger charge is 2.15. The van der Waals surface area contributed by atoms with Crippen molar-refractivity contribution in [1.82, 2.24) is 0 Å². The standard InChI is InChI=1S/C14H10F3NO4S2/c15-14(16)23-12-4-2-1-3-11(12)13(19)18-9-5-7-10(8-6-9)22-24(17,20)21/h1-8,14H,(H,18,19). The Morgan fingerprint density at radius 3 is 2.29 bits per heavy atom. The Labute approximate surface area is 140 Å². The molecule has 0 radical (unpaired) electrons. The molecule has 1 N–H and O–H groups in total. The van der Waals surface area contributed by atoms with Crippen molar-refractivity contribution in [1.29, 1.82) is 0 Å². The molecular formula is C14H10F3NO4S2. The first-order chi connectivity index (χ1) is 11.2. The summed E-state index contributed by atoms with van der Waals surface area (Å²) in [5.41, 5.74) is 0.315. The zero-order valence-corrected chi connectivity index (χ0v) is 13.4. The van der Waals surface area contributed by atoms with Gasteiger partial charge in [0.25, 0.3) is 11.7 Å². The summed E-state index contributed by atoms with van der Waals surface area (Å²) in [6, 6.07) is 10.7. The van der Waals surface area contributed by atoms with Gasteiger partial charge in [-0.3, -0.25) is 4.79 Å². The predicted octanol–water partition coefficient (Wildman–Crippen LogP) is 3.85. The van der Waals surface area contributed by atoms with Gasteiger partial charge in [0.1, 0.15) is 5.75 Å². The molecule has 0 aliphatic carbocycles. The molecule has 24 heavy (non-hydrogen) atoms. The van der Waals surface area contributed by atoms with Gasteiger partial charge in [0.05, 0.1) is 5.56 Å². The van der Waals surface area contributed by atoms with Crippen LogP contribution in [0.4, 0.5) is 18.4 Å². The summed E-state index contributed by atoms with van der Waals surface area (Å²) >= 11 is 0.250. The number of hydrogen-bond acceptors (Lipinski definition) is 5. The molecule has 2 aromatic carbocycles. The largest absolute Gasteiger partial charge is 0.488 e. The van der Waals surface area contributed by atoms with E-state index in [1.165, 1.54) is 36.4 Å². The summed E-state index contributed by atoms with van der Waals surface area (Å²) in [5.74, 6) is -3.56. The highest BCUT2D eigenvalue weighted by molar-refractivity contribution is 7.99. The maximum atomic E-state index is 12.5. The molecule has 0 atom stereocenters. The van der Waals surface area contributed by atoms with Crippen molar-refractivity contribution in [2.24, 2.45) is 0 Å². The smallest absolute Gasteiger partial charge is 0.358 e. The molecule has 10 heteroatoms. The van der Waals surface area contributed by atoms with Crippen LogP contribution in [0.3, 0.4) is 0 Å². The summed E-state index contributed by atoms with van der Waals surface area (Å²) in [5, 5.41) is 2.47. The second-order valence-electron chi connectivity index (χ2n) is 4.33. The van der Waals surface area contributed by atoms with E-state index in [9.17, 15) is 25.9 Å². The Hall–Kier alpha value is -2.20. The van der Waals surface area contributed by atoms with Crippen LogP contribution in [0.25, 0.3) is 0 Å². The van der Waals surface area contributed by atoms with Gasteiger partial charge in [-0.15, -0.1) is 0 Å². The summed E-state index contributed by atoms with van der Waals surface area (Å²) in [7, 11) is -5.13. The highest BCUT2D eigenvalue weighted by atomic mass is 32.3. The first-order valence-corrected chi connectivity index (χ1v) is 8.53. The van der Waals surface area contributed by atoms with Crippen LogP contribution in [-0.2, 0) is 10.5 Å². The van der Waals surface area contributed by atoms with Crippen molar-refractivity contribution >= 4 is 33.9 Å². The SMILES string of the molecule is O=C(Nc1ccc(OS(=O)(=O)F)cc1)c1ccccc1SC(F)F. The van der Waals surface area contributed by atoms with Crippen molar-refractivity contribution in [3.63, 3.8) is 0 Å². The molecule has 0 spiro atoms. The molecule has 0 aromatic heterocycles. The lowest BCUT2D eigenvalue weighted by Crippen LogP contribution is -2.13. The Morgan fingerprint density at radius 2 is 1.71 bits per heavy atom. The fraction of sp³-hybridized carbons (Fsp3) is 0.0714. The Bertz CT molecular complexity index is 826. The highest BCUT2D eigenvalue weighted by Crippen LogP contribution is 2.29. The summed E-state index contributed by atoms with van der Waals surface area (Å²) in [4.78, 5) is 12.3. The second-order valence-corrected chi connectivity index (χ2v) is 6.31. The topological polar surface area (TPSA) is 72.5 Å². The Balaban J connectivity index is 2.13. The number of halogens is 3. The van der Waals surface area contributed by atoms with E-state index in [-0.39, 0.29) is 33.7 Å². The van der Waals surface area contributed by atoms with E-state index < -0.39 is 22.2 Å². The first-order valence-electron chi connectivity index (χ1n) is 6.34. The average molecular weight is 377 g/mol. The third-order valence-corrected chi connectivity index (χ3v) is 3.84. The molecule has 0 unspecified atom stereocenters. The molecule has 0 saturated carbocycles. The van der Waals surface area contributed by atoms with Gasteiger partial charge in [0.15, 0.2) is 0 Å². The number of carbonyl (C=O) groups is 1. The third-order valence-electron chi connectivity index (χ3n) is 2.66. The number of carbonyl (C=O) groups excluding carboxylic acids is 1. The minimum absolute atomic E-state index is 0.0643. The Kier molecular flexibility index (Phi) is 5.73. The molecule has 0 fully saturated rings. The normalized spacial score (nSPS) is 11.3. The lowest BCUT2D eigenvalue weighted by molar-refractivity contribution is 0.102. The van der Waals surface area contributed by atoms with E-state index in [2.05, 4.69) is 9.50 Å². The fourth-order valence-corrected chi connectivity index (χ4v) is 2.74. The molecule has 5 nitrogen and oxygen atoms in total. The maximum Gasteiger partial charge on any atom is 0.488 e. The number of rotatable bonds is 6. The van der Waals surface area contributed by atoms with Gasteiger partial charge >= 0.3 is 10.5 Å². The fourth-order valence-electron chi connectivity index (χ4n) is 1.76. The van der Waals surface area contributed by atoms with Crippen LogP contribution in [0.15, 0.2) is 53.4 Å². The number of thioether (sulfide) groups is 1. The molecule has 2 rings (SSSR count). The van der Waals surface area contributed by atoms with Crippen molar-refractivity contribution in [2.45, 2.75) is 10.7 Å². The first kappa shape index (κ1) is 18.1. The van der Waals surface area contributed by atoms with E-state index in [4.69, 9.17) is 0 Å². The minimum Gasteiger partial charge on any atom is -0.358 e. The molecule has 0 aliphatic heterocycles. The van der Waals surface area contributed by atoms with Crippen molar-refractivity contribution in [3.8, 4) is 5.75 Å². The lowest BCUT2D eigenvalue weighted by Gasteiger charge is -2.10. The van der Waals surface area contributed by atoms with Crippen molar-refractivity contribution in [3.05, 3.63) is 54.1 Å². The molecule has 0 saturated heterocycles. The molecule has 0 heterocycles. The van der Waals surface area contributed by atoms with Crippen LogP contribution < -0.4 is 9.50 Å². The molecule has 0 bridgehead atoms. The molecule has 2 aromatic rings. The van der Waals surface area contributed by atoms with Gasteiger partial charge in [0.2, 0.25) is 0 Å². The molecular weight excluding hydrogens is 367 g/mol. The monoisotopic (exact) mass is 377 g/mol. The van der Waals surface area contributed by atoms with E-state index in [1.54, 1.807) is 0 Å². The van der Waals surface area contributed by atoms with Crippen molar-refractivity contribution < 1.29 is 30.1 Å². The minimum atomic E-state index is -5.13. The number of nitrogens with one attached hydrogen (secondary N) is 1. The Morgan fingerprint density at radius 1 is 1.08 bits per heavy atom. The van der Waals surface area contributed by atoms with Crippen LogP contribution in [0, 0.1) is 0 Å². The maximum absolute atomic E-state index is 12.5. The van der Waals surface area contributed by atoms with E-state index in [0.29, 0.717) is 0 Å². The van der Waals surface area contributed by atoms with Crippen molar-refractivity contribution in [2.75, 3.05) is 5.32 Å². The zero-order chi connectivity index (χ0) is 17.7. The van der Waals surface area contributed by atoms with E-state index >= 15 is 0 Å². The third kappa shape index (κ3) is 5.46. The summed E-state index contributed by atoms with van der Waals surface area (Å²) in [6.45, 7) is 0. The number of benzene rings is 2. The van der Waals surface area contributed by atoms with Crippen LogP contribution >= 0.6 is 11.8 Å². The van der Waals surface area contributed by atoms with Gasteiger partial charge < -0.3 is 9.50 Å². The average Bonchev–Trinajstić information content (AvgIpc) is 2.47. The van der Waals surface area contributed by atoms with E-state index in [1.807, 2.05) is 0 Å². The summed E-state index contributed by atoms with van der Waals surface area (Å²) in [6.07, 6.45) is 0. The predicted molar refractivity (Wildman–Crippen MR) is 83.4 cm³/mol. The zero-order valence-electron chi connectivity index (χ0n) is 11.8.